The first kappa shape index (κ1) is 13.8. The van der Waals surface area contributed by atoms with E-state index in [1.54, 1.807) is 19.5 Å². The predicted octanol–water partition coefficient (Wildman–Crippen LogP) is 2.77. The van der Waals surface area contributed by atoms with Gasteiger partial charge >= 0.3 is 0 Å². The van der Waals surface area contributed by atoms with Gasteiger partial charge < -0.3 is 4.74 Å². The molecule has 0 saturated heterocycles. The molecular weight excluding hydrogens is 262 g/mol. The van der Waals surface area contributed by atoms with Gasteiger partial charge in [0.1, 0.15) is 10.9 Å². The molecule has 0 bridgehead atoms. The van der Waals surface area contributed by atoms with Crippen LogP contribution < -0.4 is 4.74 Å². The first-order valence-electron chi connectivity index (χ1n) is 5.95. The Morgan fingerprint density at radius 2 is 2.05 bits per heavy atom. The van der Waals surface area contributed by atoms with E-state index in [1.807, 2.05) is 25.2 Å². The van der Waals surface area contributed by atoms with Crippen LogP contribution in [0.2, 0.25) is 5.15 Å². The Hall–Kier alpha value is -1.65. The molecule has 19 heavy (non-hydrogen) atoms. The fraction of sp³-hybridized carbons (Fsp3) is 0.286. The van der Waals surface area contributed by atoms with Gasteiger partial charge in [-0.1, -0.05) is 23.7 Å². The van der Waals surface area contributed by atoms with Crippen molar-refractivity contribution in [2.75, 3.05) is 14.2 Å². The zero-order valence-corrected chi connectivity index (χ0v) is 11.8. The van der Waals surface area contributed by atoms with Crippen LogP contribution in [-0.2, 0) is 13.1 Å². The maximum Gasteiger partial charge on any atom is 0.147 e. The number of methoxy groups -OCH3 is 1. The second-order valence-electron chi connectivity index (χ2n) is 4.35. The van der Waals surface area contributed by atoms with Gasteiger partial charge in [0.25, 0.3) is 0 Å². The van der Waals surface area contributed by atoms with Crippen molar-refractivity contribution in [3.8, 4) is 5.75 Å². The van der Waals surface area contributed by atoms with Crippen LogP contribution in [-0.4, -0.2) is 29.0 Å². The molecule has 0 atom stereocenters. The third-order valence-corrected chi connectivity index (χ3v) is 2.89. The van der Waals surface area contributed by atoms with E-state index >= 15 is 0 Å². The summed E-state index contributed by atoms with van der Waals surface area (Å²) in [5.74, 6) is 0.872. The van der Waals surface area contributed by atoms with E-state index in [1.165, 1.54) is 5.56 Å². The largest absolute Gasteiger partial charge is 0.497 e. The number of ether oxygens (including phenoxy) is 1. The van der Waals surface area contributed by atoms with Crippen LogP contribution in [0.3, 0.4) is 0 Å². The maximum atomic E-state index is 5.71. The highest BCUT2D eigenvalue weighted by Gasteiger charge is 2.04. The number of halogens is 1. The summed E-state index contributed by atoms with van der Waals surface area (Å²) in [7, 11) is 3.71. The van der Waals surface area contributed by atoms with Crippen molar-refractivity contribution in [1.82, 2.24) is 14.9 Å². The molecule has 5 heteroatoms. The molecule has 1 heterocycles. The highest BCUT2D eigenvalue weighted by atomic mass is 35.5. The highest BCUT2D eigenvalue weighted by Crippen LogP contribution is 2.14. The van der Waals surface area contributed by atoms with Gasteiger partial charge in [0.15, 0.2) is 0 Å². The summed E-state index contributed by atoms with van der Waals surface area (Å²) in [6, 6.07) is 8.04. The Morgan fingerprint density at radius 1 is 1.21 bits per heavy atom. The summed E-state index contributed by atoms with van der Waals surface area (Å²) in [5.41, 5.74) is 2.10. The van der Waals surface area contributed by atoms with Gasteiger partial charge in [-0.2, -0.15) is 0 Å². The molecule has 0 aliphatic rings. The van der Waals surface area contributed by atoms with Crippen LogP contribution in [0, 0.1) is 0 Å². The Labute approximate surface area is 118 Å². The fourth-order valence-corrected chi connectivity index (χ4v) is 1.93. The molecule has 100 valence electrons. The lowest BCUT2D eigenvalue weighted by Crippen LogP contribution is -2.18. The van der Waals surface area contributed by atoms with Crippen molar-refractivity contribution in [3.63, 3.8) is 0 Å². The van der Waals surface area contributed by atoms with Crippen LogP contribution in [0.5, 0.6) is 5.75 Å². The quantitative estimate of drug-likeness (QED) is 0.842. The summed E-state index contributed by atoms with van der Waals surface area (Å²) in [5, 5.41) is 0.416. The van der Waals surface area contributed by atoms with Gasteiger partial charge in [-0.3, -0.25) is 9.88 Å². The Morgan fingerprint density at radius 3 is 2.74 bits per heavy atom. The normalized spacial score (nSPS) is 10.7. The van der Waals surface area contributed by atoms with Crippen LogP contribution >= 0.6 is 11.6 Å². The van der Waals surface area contributed by atoms with Gasteiger partial charge in [0.2, 0.25) is 0 Å². The average Bonchev–Trinajstić information content (AvgIpc) is 2.41. The number of aromatic nitrogens is 2. The number of benzene rings is 1. The molecular formula is C14H16ClN3O. The maximum absolute atomic E-state index is 5.71. The summed E-state index contributed by atoms with van der Waals surface area (Å²) in [6.07, 6.45) is 3.26. The third-order valence-electron chi connectivity index (χ3n) is 2.69. The standard InChI is InChI=1S/C14H16ClN3O/c1-18(10-12-7-17-14(15)8-16-12)9-11-4-3-5-13(6-11)19-2/h3-8H,9-10H2,1-2H3. The molecule has 0 spiro atoms. The van der Waals surface area contributed by atoms with Crippen molar-refractivity contribution < 1.29 is 4.74 Å². The zero-order chi connectivity index (χ0) is 13.7. The van der Waals surface area contributed by atoms with E-state index in [0.29, 0.717) is 5.15 Å². The van der Waals surface area contributed by atoms with Crippen LogP contribution in [0.15, 0.2) is 36.7 Å². The molecule has 0 unspecified atom stereocenters. The lowest BCUT2D eigenvalue weighted by atomic mass is 10.2. The van der Waals surface area contributed by atoms with Crippen LogP contribution in [0.1, 0.15) is 11.3 Å². The Balaban J connectivity index is 1.96. The summed E-state index contributed by atoms with van der Waals surface area (Å²) in [4.78, 5) is 10.4. The number of rotatable bonds is 5. The van der Waals surface area contributed by atoms with Crippen molar-refractivity contribution in [3.05, 3.63) is 53.1 Å². The van der Waals surface area contributed by atoms with Gasteiger partial charge in [0.05, 0.1) is 25.2 Å². The molecule has 0 fully saturated rings. The second kappa shape index (κ2) is 6.50. The molecule has 2 rings (SSSR count). The van der Waals surface area contributed by atoms with Gasteiger partial charge in [-0.25, -0.2) is 4.98 Å². The van der Waals surface area contributed by atoms with Crippen molar-refractivity contribution >= 4 is 11.6 Å². The SMILES string of the molecule is COc1cccc(CN(C)Cc2cnc(Cl)cn2)c1. The van der Waals surface area contributed by atoms with E-state index in [-0.39, 0.29) is 0 Å². The molecule has 1 aromatic heterocycles. The topological polar surface area (TPSA) is 38.2 Å². The van der Waals surface area contributed by atoms with Crippen molar-refractivity contribution in [2.24, 2.45) is 0 Å². The average molecular weight is 278 g/mol. The monoisotopic (exact) mass is 277 g/mol. The smallest absolute Gasteiger partial charge is 0.147 e. The Bertz CT molecular complexity index is 530. The molecule has 0 aliphatic carbocycles. The van der Waals surface area contributed by atoms with E-state index in [9.17, 15) is 0 Å². The van der Waals surface area contributed by atoms with Crippen molar-refractivity contribution in [1.29, 1.82) is 0 Å². The van der Waals surface area contributed by atoms with Gasteiger partial charge in [-0.15, -0.1) is 0 Å². The molecule has 0 aliphatic heterocycles. The molecule has 0 radical (unpaired) electrons. The number of hydrogen-bond acceptors (Lipinski definition) is 4. The van der Waals surface area contributed by atoms with Gasteiger partial charge in [0, 0.05) is 13.1 Å². The number of hydrogen-bond donors (Lipinski definition) is 0. The molecule has 4 nitrogen and oxygen atoms in total. The highest BCUT2D eigenvalue weighted by molar-refractivity contribution is 6.29. The van der Waals surface area contributed by atoms with Crippen LogP contribution in [0.25, 0.3) is 0 Å². The van der Waals surface area contributed by atoms with Gasteiger partial charge in [-0.05, 0) is 24.7 Å². The second-order valence-corrected chi connectivity index (χ2v) is 4.74. The van der Waals surface area contributed by atoms with Crippen LogP contribution in [0.4, 0.5) is 0 Å². The number of nitrogens with zero attached hydrogens (tertiary/aromatic N) is 3. The van der Waals surface area contributed by atoms with E-state index in [4.69, 9.17) is 16.3 Å². The fourth-order valence-electron chi connectivity index (χ4n) is 1.84. The minimum absolute atomic E-state index is 0.416. The minimum Gasteiger partial charge on any atom is -0.497 e. The molecule has 2 aromatic rings. The summed E-state index contributed by atoms with van der Waals surface area (Å²) >= 11 is 5.71. The molecule has 0 amide bonds. The lowest BCUT2D eigenvalue weighted by molar-refractivity contribution is 0.314. The molecule has 0 saturated carbocycles. The van der Waals surface area contributed by atoms with E-state index in [0.717, 1.165) is 24.5 Å². The zero-order valence-electron chi connectivity index (χ0n) is 11.0. The Kier molecular flexibility index (Phi) is 4.71. The summed E-state index contributed by atoms with van der Waals surface area (Å²) in [6.45, 7) is 1.54. The molecule has 0 N–H and O–H groups in total. The predicted molar refractivity (Wildman–Crippen MR) is 75.2 cm³/mol. The van der Waals surface area contributed by atoms with E-state index in [2.05, 4.69) is 20.9 Å². The third kappa shape index (κ3) is 4.19. The first-order chi connectivity index (χ1) is 9.17. The minimum atomic E-state index is 0.416. The lowest BCUT2D eigenvalue weighted by Gasteiger charge is -2.16. The molecule has 1 aromatic carbocycles. The van der Waals surface area contributed by atoms with Crippen molar-refractivity contribution in [2.45, 2.75) is 13.1 Å². The summed E-state index contributed by atoms with van der Waals surface area (Å²) < 4.78 is 5.21. The first-order valence-corrected chi connectivity index (χ1v) is 6.33. The van der Waals surface area contributed by atoms with E-state index < -0.39 is 0 Å².